The fourth-order valence-corrected chi connectivity index (χ4v) is 4.82. The van der Waals surface area contributed by atoms with Crippen molar-refractivity contribution in [2.45, 2.75) is 40.5 Å². The van der Waals surface area contributed by atoms with Crippen molar-refractivity contribution in [2.24, 2.45) is 5.41 Å². The molecule has 0 fully saturated rings. The second-order valence-corrected chi connectivity index (χ2v) is 11.2. The number of allylic oxidation sites excluding steroid dienone is 4. The van der Waals surface area contributed by atoms with Crippen LogP contribution >= 0.6 is 0 Å². The van der Waals surface area contributed by atoms with Gasteiger partial charge in [0, 0.05) is 28.7 Å². The fraction of sp³-hybridized carbons (Fsp3) is 0.351. The molecule has 0 saturated carbocycles. The highest BCUT2D eigenvalue weighted by molar-refractivity contribution is 5.93. The SMILES string of the molecule is C=C/C(=C(OCCCOc1ccc(CC(C)(C)C)cc1)\C(=C/C)c1cc(OC)ccc1OC)c1cc(OC)ccc1OC. The van der Waals surface area contributed by atoms with Crippen LogP contribution in [0.2, 0.25) is 0 Å². The molecule has 0 saturated heterocycles. The predicted molar refractivity (Wildman–Crippen MR) is 176 cm³/mol. The van der Waals surface area contributed by atoms with Crippen molar-refractivity contribution in [3.63, 3.8) is 0 Å². The van der Waals surface area contributed by atoms with Crippen LogP contribution < -0.4 is 23.7 Å². The molecule has 0 N–H and O–H groups in total. The van der Waals surface area contributed by atoms with E-state index in [1.165, 1.54) is 5.56 Å². The zero-order chi connectivity index (χ0) is 31.4. The summed E-state index contributed by atoms with van der Waals surface area (Å²) < 4.78 is 35.2. The summed E-state index contributed by atoms with van der Waals surface area (Å²) >= 11 is 0. The van der Waals surface area contributed by atoms with Crippen molar-refractivity contribution in [3.8, 4) is 28.7 Å². The lowest BCUT2D eigenvalue weighted by molar-refractivity contribution is 0.195. The minimum atomic E-state index is 0.241. The minimum Gasteiger partial charge on any atom is -0.497 e. The number of hydrogen-bond donors (Lipinski definition) is 0. The Hall–Kier alpha value is -4.32. The van der Waals surface area contributed by atoms with Crippen LogP contribution in [0.4, 0.5) is 0 Å². The van der Waals surface area contributed by atoms with Crippen LogP contribution in [0.1, 0.15) is 50.8 Å². The number of methoxy groups -OCH3 is 4. The van der Waals surface area contributed by atoms with Gasteiger partial charge in [-0.2, -0.15) is 0 Å². The van der Waals surface area contributed by atoms with Crippen LogP contribution in [-0.2, 0) is 11.2 Å². The Morgan fingerprint density at radius 2 is 1.28 bits per heavy atom. The van der Waals surface area contributed by atoms with Crippen LogP contribution in [0.25, 0.3) is 11.1 Å². The van der Waals surface area contributed by atoms with Gasteiger partial charge in [-0.3, -0.25) is 0 Å². The molecule has 0 bridgehead atoms. The lowest BCUT2D eigenvalue weighted by Crippen LogP contribution is -2.09. The van der Waals surface area contributed by atoms with E-state index in [1.54, 1.807) is 34.5 Å². The number of hydrogen-bond acceptors (Lipinski definition) is 6. The van der Waals surface area contributed by atoms with E-state index in [0.717, 1.165) is 34.4 Å². The van der Waals surface area contributed by atoms with Gasteiger partial charge < -0.3 is 28.4 Å². The van der Waals surface area contributed by atoms with Crippen molar-refractivity contribution < 1.29 is 28.4 Å². The third kappa shape index (κ3) is 9.08. The minimum absolute atomic E-state index is 0.241. The smallest absolute Gasteiger partial charge is 0.134 e. The van der Waals surface area contributed by atoms with Gasteiger partial charge in [-0.1, -0.05) is 51.6 Å². The highest BCUT2D eigenvalue weighted by Crippen LogP contribution is 2.41. The molecule has 3 aromatic rings. The summed E-state index contributed by atoms with van der Waals surface area (Å²) in [4.78, 5) is 0. The van der Waals surface area contributed by atoms with Crippen molar-refractivity contribution in [2.75, 3.05) is 41.7 Å². The fourth-order valence-electron chi connectivity index (χ4n) is 4.82. The maximum absolute atomic E-state index is 6.58. The molecule has 0 unspecified atom stereocenters. The molecule has 6 heteroatoms. The van der Waals surface area contributed by atoms with Crippen LogP contribution in [0.15, 0.2) is 85.2 Å². The standard InChI is InChI=1S/C37H46O6/c1-10-30(32-23-28(38-6)17-19-34(32)40-8)36(31(11-2)33-24-29(39-7)18-20-35(33)41-9)43-22-12-21-42-27-15-13-26(14-16-27)25-37(3,4)5/h10-11,13-20,23-24H,1,12,21-22,25H2,2-9H3/b31-11-,36-30-. The van der Waals surface area contributed by atoms with Crippen LogP contribution in [-0.4, -0.2) is 41.7 Å². The molecule has 0 radical (unpaired) electrons. The van der Waals surface area contributed by atoms with Gasteiger partial charge in [0.05, 0.1) is 41.7 Å². The quantitative estimate of drug-likeness (QED) is 0.101. The van der Waals surface area contributed by atoms with E-state index in [1.807, 2.05) is 61.5 Å². The molecule has 0 heterocycles. The Kier molecular flexibility index (Phi) is 12.2. The molecule has 230 valence electrons. The van der Waals surface area contributed by atoms with E-state index in [9.17, 15) is 0 Å². The molecular formula is C37H46O6. The van der Waals surface area contributed by atoms with E-state index >= 15 is 0 Å². The molecule has 3 aromatic carbocycles. The van der Waals surface area contributed by atoms with E-state index in [2.05, 4.69) is 39.5 Å². The molecule has 43 heavy (non-hydrogen) atoms. The van der Waals surface area contributed by atoms with Crippen LogP contribution in [0, 0.1) is 5.41 Å². The van der Waals surface area contributed by atoms with Gasteiger partial charge in [0.2, 0.25) is 0 Å². The Morgan fingerprint density at radius 3 is 1.79 bits per heavy atom. The normalized spacial score (nSPS) is 12.2. The third-order valence-electron chi connectivity index (χ3n) is 6.84. The largest absolute Gasteiger partial charge is 0.497 e. The molecule has 0 aliphatic carbocycles. The molecule has 0 aliphatic heterocycles. The van der Waals surface area contributed by atoms with Gasteiger partial charge in [0.15, 0.2) is 0 Å². The zero-order valence-corrected chi connectivity index (χ0v) is 26.9. The first kappa shape index (κ1) is 33.2. The molecular weight excluding hydrogens is 540 g/mol. The van der Waals surface area contributed by atoms with Crippen molar-refractivity contribution in [1.29, 1.82) is 0 Å². The second kappa shape index (κ2) is 15.8. The first-order chi connectivity index (χ1) is 20.7. The maximum atomic E-state index is 6.58. The van der Waals surface area contributed by atoms with Gasteiger partial charge >= 0.3 is 0 Å². The van der Waals surface area contributed by atoms with E-state index in [0.29, 0.717) is 48.4 Å². The monoisotopic (exact) mass is 586 g/mol. The average Bonchev–Trinajstić information content (AvgIpc) is 3.01. The maximum Gasteiger partial charge on any atom is 0.134 e. The lowest BCUT2D eigenvalue weighted by atomic mass is 9.88. The summed E-state index contributed by atoms with van der Waals surface area (Å²) in [5, 5.41) is 0. The molecule has 0 atom stereocenters. The first-order valence-electron chi connectivity index (χ1n) is 14.5. The topological polar surface area (TPSA) is 55.4 Å². The summed E-state index contributed by atoms with van der Waals surface area (Å²) in [6.45, 7) is 13.8. The van der Waals surface area contributed by atoms with Gasteiger partial charge in [-0.15, -0.1) is 0 Å². The van der Waals surface area contributed by atoms with E-state index < -0.39 is 0 Å². The van der Waals surface area contributed by atoms with Crippen LogP contribution in [0.5, 0.6) is 28.7 Å². The molecule has 0 amide bonds. The van der Waals surface area contributed by atoms with Gasteiger partial charge in [-0.05, 0) is 72.9 Å². The highest BCUT2D eigenvalue weighted by atomic mass is 16.5. The molecule has 3 rings (SSSR count). The summed E-state index contributed by atoms with van der Waals surface area (Å²) in [5.41, 5.74) is 4.74. The summed E-state index contributed by atoms with van der Waals surface area (Å²) in [6, 6.07) is 19.7. The van der Waals surface area contributed by atoms with Crippen molar-refractivity contribution in [3.05, 3.63) is 102 Å². The Balaban J connectivity index is 1.93. The number of ether oxygens (including phenoxy) is 6. The summed E-state index contributed by atoms with van der Waals surface area (Å²) in [6.07, 6.45) is 5.46. The molecule has 0 spiro atoms. The summed E-state index contributed by atoms with van der Waals surface area (Å²) in [7, 11) is 6.57. The van der Waals surface area contributed by atoms with Crippen molar-refractivity contribution >= 4 is 11.1 Å². The average molecular weight is 587 g/mol. The first-order valence-corrected chi connectivity index (χ1v) is 14.5. The Morgan fingerprint density at radius 1 is 0.721 bits per heavy atom. The lowest BCUT2D eigenvalue weighted by Gasteiger charge is -2.21. The zero-order valence-electron chi connectivity index (χ0n) is 26.9. The third-order valence-corrected chi connectivity index (χ3v) is 6.84. The van der Waals surface area contributed by atoms with Gasteiger partial charge in [0.1, 0.15) is 34.5 Å². The van der Waals surface area contributed by atoms with Gasteiger partial charge in [-0.25, -0.2) is 0 Å². The predicted octanol–water partition coefficient (Wildman–Crippen LogP) is 8.80. The van der Waals surface area contributed by atoms with Crippen LogP contribution in [0.3, 0.4) is 0 Å². The molecule has 0 aromatic heterocycles. The Labute approximate surface area is 257 Å². The number of rotatable bonds is 15. The Bertz CT molecular complexity index is 1410. The summed E-state index contributed by atoms with van der Waals surface area (Å²) in [5.74, 6) is 4.23. The highest BCUT2D eigenvalue weighted by Gasteiger charge is 2.21. The molecule has 6 nitrogen and oxygen atoms in total. The van der Waals surface area contributed by atoms with E-state index in [-0.39, 0.29) is 5.41 Å². The van der Waals surface area contributed by atoms with Crippen molar-refractivity contribution in [1.82, 2.24) is 0 Å². The number of benzene rings is 3. The van der Waals surface area contributed by atoms with Gasteiger partial charge in [0.25, 0.3) is 0 Å². The second-order valence-electron chi connectivity index (χ2n) is 11.2. The molecule has 0 aliphatic rings. The van der Waals surface area contributed by atoms with E-state index in [4.69, 9.17) is 28.4 Å².